The number of benzene rings is 2. The number of hydrogen-bond donors (Lipinski definition) is 2. The molecule has 6 nitrogen and oxygen atoms in total. The molecular weight excluding hydrogens is 414 g/mol. The Hall–Kier alpha value is -2.97. The van der Waals surface area contributed by atoms with Crippen LogP contribution in [-0.2, 0) is 4.79 Å². The Bertz CT molecular complexity index is 1070. The summed E-state index contributed by atoms with van der Waals surface area (Å²) in [5.41, 5.74) is 3.90. The highest BCUT2D eigenvalue weighted by atomic mass is 32.2. The molecule has 0 aliphatic carbocycles. The molecule has 1 atom stereocenters. The monoisotopic (exact) mass is 435 g/mol. The van der Waals surface area contributed by atoms with Gasteiger partial charge in [0.15, 0.2) is 5.16 Å². The predicted octanol–water partition coefficient (Wildman–Crippen LogP) is 5.41. The molecule has 1 unspecified atom stereocenters. The molecule has 0 bridgehead atoms. The van der Waals surface area contributed by atoms with Gasteiger partial charge in [0.2, 0.25) is 11.0 Å². The fourth-order valence-electron chi connectivity index (χ4n) is 3.02. The molecule has 2 aromatic heterocycles. The second-order valence-electron chi connectivity index (χ2n) is 6.63. The number of H-pyrrole nitrogens is 1. The van der Waals surface area contributed by atoms with Crippen molar-refractivity contribution in [1.82, 2.24) is 20.2 Å². The van der Waals surface area contributed by atoms with Gasteiger partial charge >= 0.3 is 0 Å². The van der Waals surface area contributed by atoms with Crippen molar-refractivity contribution in [1.29, 1.82) is 0 Å². The van der Waals surface area contributed by atoms with E-state index < -0.39 is 0 Å². The normalized spacial score (nSPS) is 11.9. The van der Waals surface area contributed by atoms with Crippen molar-refractivity contribution >= 4 is 34.1 Å². The summed E-state index contributed by atoms with van der Waals surface area (Å²) < 4.78 is 0. The summed E-state index contributed by atoms with van der Waals surface area (Å²) in [6, 6.07) is 20.2. The summed E-state index contributed by atoms with van der Waals surface area (Å²) in [5.74, 6) is -0.0995. The van der Waals surface area contributed by atoms with Crippen molar-refractivity contribution in [2.75, 3.05) is 5.32 Å². The molecule has 0 aliphatic heterocycles. The Morgan fingerprint density at radius 3 is 2.33 bits per heavy atom. The van der Waals surface area contributed by atoms with Gasteiger partial charge in [0.05, 0.1) is 16.6 Å². The maximum Gasteiger partial charge on any atom is 0.239 e. The minimum Gasteiger partial charge on any atom is -0.332 e. The van der Waals surface area contributed by atoms with E-state index in [1.807, 2.05) is 62.4 Å². The third-order valence-electron chi connectivity index (χ3n) is 4.47. The fourth-order valence-corrected chi connectivity index (χ4v) is 4.52. The van der Waals surface area contributed by atoms with E-state index in [0.717, 1.165) is 27.5 Å². The lowest BCUT2D eigenvalue weighted by Gasteiger charge is -2.11. The van der Waals surface area contributed by atoms with Crippen LogP contribution < -0.4 is 5.32 Å². The zero-order valence-corrected chi connectivity index (χ0v) is 18.3. The van der Waals surface area contributed by atoms with Gasteiger partial charge in [-0.3, -0.25) is 10.1 Å². The molecule has 4 rings (SSSR count). The van der Waals surface area contributed by atoms with Gasteiger partial charge in [-0.2, -0.15) is 0 Å². The molecule has 2 heterocycles. The smallest absolute Gasteiger partial charge is 0.239 e. The van der Waals surface area contributed by atoms with E-state index in [4.69, 9.17) is 4.98 Å². The molecule has 2 aromatic carbocycles. The van der Waals surface area contributed by atoms with Crippen LogP contribution in [-0.4, -0.2) is 31.3 Å². The summed E-state index contributed by atoms with van der Waals surface area (Å²) in [4.78, 5) is 21.0. The molecule has 0 aliphatic rings. The number of carbonyl (C=O) groups excluding carboxylic acids is 1. The number of aryl methyl sites for hydroxylation is 1. The van der Waals surface area contributed by atoms with Crippen LogP contribution >= 0.6 is 23.1 Å². The SMILES string of the molecule is CCC(Sc1nc(-c2ccccc2)c(-c2ccccc2)[nH]1)C(=O)Nc1nnc(C)s1. The van der Waals surface area contributed by atoms with E-state index in [1.165, 1.54) is 23.1 Å². The highest BCUT2D eigenvalue weighted by Crippen LogP contribution is 2.34. The van der Waals surface area contributed by atoms with Crippen LogP contribution in [0.3, 0.4) is 0 Å². The zero-order chi connectivity index (χ0) is 20.9. The van der Waals surface area contributed by atoms with Crippen LogP contribution in [0, 0.1) is 6.92 Å². The largest absolute Gasteiger partial charge is 0.332 e. The molecule has 1 amide bonds. The van der Waals surface area contributed by atoms with E-state index in [-0.39, 0.29) is 11.2 Å². The first-order valence-corrected chi connectivity index (χ1v) is 11.3. The van der Waals surface area contributed by atoms with Crippen LogP contribution in [0.5, 0.6) is 0 Å². The molecule has 0 spiro atoms. The highest BCUT2D eigenvalue weighted by molar-refractivity contribution is 8.00. The minimum atomic E-state index is -0.299. The number of nitrogens with one attached hydrogen (secondary N) is 2. The number of nitrogens with zero attached hydrogens (tertiary/aromatic N) is 3. The van der Waals surface area contributed by atoms with Crippen molar-refractivity contribution in [3.05, 3.63) is 65.7 Å². The van der Waals surface area contributed by atoms with Gasteiger partial charge in [-0.1, -0.05) is 90.7 Å². The summed E-state index contributed by atoms with van der Waals surface area (Å²) in [6.45, 7) is 3.85. The third-order valence-corrected chi connectivity index (χ3v) is 6.47. The van der Waals surface area contributed by atoms with Gasteiger partial charge in [0, 0.05) is 11.1 Å². The molecular formula is C22H21N5OS2. The highest BCUT2D eigenvalue weighted by Gasteiger charge is 2.23. The fraction of sp³-hybridized carbons (Fsp3) is 0.182. The van der Waals surface area contributed by atoms with Gasteiger partial charge in [0.1, 0.15) is 5.01 Å². The molecule has 0 saturated carbocycles. The Labute approximate surface area is 183 Å². The molecule has 0 saturated heterocycles. The van der Waals surface area contributed by atoms with Crippen molar-refractivity contribution in [2.24, 2.45) is 0 Å². The lowest BCUT2D eigenvalue weighted by atomic mass is 10.1. The summed E-state index contributed by atoms with van der Waals surface area (Å²) in [5, 5.41) is 12.5. The lowest BCUT2D eigenvalue weighted by Crippen LogP contribution is -2.24. The van der Waals surface area contributed by atoms with Crippen molar-refractivity contribution in [2.45, 2.75) is 30.7 Å². The third kappa shape index (κ3) is 4.60. The Morgan fingerprint density at radius 2 is 1.73 bits per heavy atom. The predicted molar refractivity (Wildman–Crippen MR) is 123 cm³/mol. The first-order valence-electron chi connectivity index (χ1n) is 9.62. The molecule has 30 heavy (non-hydrogen) atoms. The first kappa shape index (κ1) is 20.3. The number of imidazole rings is 1. The second-order valence-corrected chi connectivity index (χ2v) is 9.00. The van der Waals surface area contributed by atoms with Crippen LogP contribution in [0.2, 0.25) is 0 Å². The van der Waals surface area contributed by atoms with E-state index in [2.05, 4.69) is 32.6 Å². The zero-order valence-electron chi connectivity index (χ0n) is 16.6. The van der Waals surface area contributed by atoms with Crippen molar-refractivity contribution in [3.8, 4) is 22.5 Å². The molecule has 0 radical (unpaired) electrons. The quantitative estimate of drug-likeness (QED) is 0.379. The van der Waals surface area contributed by atoms with E-state index in [0.29, 0.717) is 16.7 Å². The van der Waals surface area contributed by atoms with Gasteiger partial charge in [-0.25, -0.2) is 4.98 Å². The van der Waals surface area contributed by atoms with Crippen LogP contribution in [0.15, 0.2) is 65.8 Å². The van der Waals surface area contributed by atoms with Crippen LogP contribution in [0.1, 0.15) is 18.4 Å². The number of amides is 1. The number of aromatic amines is 1. The number of aromatic nitrogens is 4. The number of anilines is 1. The van der Waals surface area contributed by atoms with E-state index in [9.17, 15) is 4.79 Å². The minimum absolute atomic E-state index is 0.0995. The average molecular weight is 436 g/mol. The van der Waals surface area contributed by atoms with Crippen molar-refractivity contribution < 1.29 is 4.79 Å². The Morgan fingerprint density at radius 1 is 1.07 bits per heavy atom. The lowest BCUT2D eigenvalue weighted by molar-refractivity contribution is -0.115. The maximum absolute atomic E-state index is 12.8. The molecule has 4 aromatic rings. The van der Waals surface area contributed by atoms with E-state index >= 15 is 0 Å². The molecule has 8 heteroatoms. The average Bonchev–Trinajstić information content (AvgIpc) is 3.39. The van der Waals surface area contributed by atoms with Gasteiger partial charge in [-0.15, -0.1) is 10.2 Å². The summed E-state index contributed by atoms with van der Waals surface area (Å²) in [7, 11) is 0. The molecule has 152 valence electrons. The van der Waals surface area contributed by atoms with Crippen LogP contribution in [0.4, 0.5) is 5.13 Å². The maximum atomic E-state index is 12.8. The summed E-state index contributed by atoms with van der Waals surface area (Å²) in [6.07, 6.45) is 0.663. The number of thioether (sulfide) groups is 1. The van der Waals surface area contributed by atoms with Gasteiger partial charge in [-0.05, 0) is 13.3 Å². The number of carbonyl (C=O) groups is 1. The first-order chi connectivity index (χ1) is 14.6. The Balaban J connectivity index is 1.62. The molecule has 0 fully saturated rings. The van der Waals surface area contributed by atoms with Crippen molar-refractivity contribution in [3.63, 3.8) is 0 Å². The summed E-state index contributed by atoms with van der Waals surface area (Å²) >= 11 is 2.79. The second kappa shape index (κ2) is 9.23. The Kier molecular flexibility index (Phi) is 6.25. The number of hydrogen-bond acceptors (Lipinski definition) is 6. The van der Waals surface area contributed by atoms with Crippen LogP contribution in [0.25, 0.3) is 22.5 Å². The topological polar surface area (TPSA) is 83.6 Å². The van der Waals surface area contributed by atoms with Gasteiger partial charge < -0.3 is 4.98 Å². The number of rotatable bonds is 7. The standard InChI is InChI=1S/C22H21N5OS2/c1-3-17(20(28)25-22-27-26-14(2)29-22)30-21-23-18(15-10-6-4-7-11-15)19(24-21)16-12-8-5-9-13-16/h4-13,17H,3H2,1-2H3,(H,23,24)(H,25,27,28). The molecule has 2 N–H and O–H groups in total. The van der Waals surface area contributed by atoms with Gasteiger partial charge in [0.25, 0.3) is 0 Å². The van der Waals surface area contributed by atoms with E-state index in [1.54, 1.807) is 0 Å².